The number of aryl methyl sites for hydroxylation is 2. The van der Waals surface area contributed by atoms with E-state index in [1.165, 1.54) is 12.1 Å². The van der Waals surface area contributed by atoms with Gasteiger partial charge in [-0.1, -0.05) is 37.6 Å². The van der Waals surface area contributed by atoms with Crippen molar-refractivity contribution in [1.29, 1.82) is 0 Å². The highest BCUT2D eigenvalue weighted by Gasteiger charge is 2.19. The second-order valence-corrected chi connectivity index (χ2v) is 8.24. The number of para-hydroxylation sites is 1. The van der Waals surface area contributed by atoms with Crippen molar-refractivity contribution in [2.24, 2.45) is 0 Å². The van der Waals surface area contributed by atoms with E-state index in [1.54, 1.807) is 25.1 Å². The van der Waals surface area contributed by atoms with E-state index in [4.69, 9.17) is 0 Å². The van der Waals surface area contributed by atoms with Gasteiger partial charge < -0.3 is 5.32 Å². The molecule has 2 rings (SSSR count). The maximum atomic E-state index is 12.7. The number of hydrogen-bond acceptors (Lipinski definition) is 3. The molecule has 6 heteroatoms. The summed E-state index contributed by atoms with van der Waals surface area (Å²) in [7, 11) is -3.78. The van der Waals surface area contributed by atoms with E-state index in [0.717, 1.165) is 24.0 Å². The molecule has 2 N–H and O–H groups in total. The van der Waals surface area contributed by atoms with Crippen molar-refractivity contribution in [3.63, 3.8) is 0 Å². The van der Waals surface area contributed by atoms with Crippen molar-refractivity contribution in [3.8, 4) is 0 Å². The standard InChI is InChI=1S/C20H26N2O3S/c1-5-8-16(4)21-20(23)18-13-17(12-11-14(18)2)26(24,25)22-19-10-7-6-9-15(19)3/h6-7,9-13,16,22H,5,8H2,1-4H3,(H,21,23)/t16-/m1/s1. The summed E-state index contributed by atoms with van der Waals surface area (Å²) in [6.45, 7) is 7.63. The molecule has 5 nitrogen and oxygen atoms in total. The molecule has 0 unspecified atom stereocenters. The summed E-state index contributed by atoms with van der Waals surface area (Å²) >= 11 is 0. The summed E-state index contributed by atoms with van der Waals surface area (Å²) in [5.41, 5.74) is 2.46. The number of benzene rings is 2. The summed E-state index contributed by atoms with van der Waals surface area (Å²) in [5.74, 6) is -0.253. The second kappa shape index (κ2) is 8.36. The number of carbonyl (C=O) groups is 1. The van der Waals surface area contributed by atoms with Crippen LogP contribution in [0.2, 0.25) is 0 Å². The molecule has 0 radical (unpaired) electrons. The smallest absolute Gasteiger partial charge is 0.261 e. The van der Waals surface area contributed by atoms with Crippen LogP contribution in [0.3, 0.4) is 0 Å². The molecule has 2 aromatic carbocycles. The molecule has 0 aromatic heterocycles. The first-order chi connectivity index (χ1) is 12.2. The second-order valence-electron chi connectivity index (χ2n) is 6.56. The summed E-state index contributed by atoms with van der Waals surface area (Å²) in [6.07, 6.45) is 1.84. The first-order valence-corrected chi connectivity index (χ1v) is 10.2. The number of anilines is 1. The first kappa shape index (κ1) is 20.0. The van der Waals surface area contributed by atoms with Crippen molar-refractivity contribution in [1.82, 2.24) is 5.32 Å². The van der Waals surface area contributed by atoms with Crippen LogP contribution in [0.1, 0.15) is 48.2 Å². The van der Waals surface area contributed by atoms with Gasteiger partial charge in [0.15, 0.2) is 0 Å². The number of amides is 1. The molecule has 0 aliphatic rings. The van der Waals surface area contributed by atoms with Crippen LogP contribution >= 0.6 is 0 Å². The number of carbonyl (C=O) groups excluding carboxylic acids is 1. The van der Waals surface area contributed by atoms with E-state index in [1.807, 2.05) is 26.0 Å². The lowest BCUT2D eigenvalue weighted by atomic mass is 10.1. The molecule has 0 bridgehead atoms. The monoisotopic (exact) mass is 374 g/mol. The fourth-order valence-electron chi connectivity index (χ4n) is 2.71. The van der Waals surface area contributed by atoms with Gasteiger partial charge in [-0.15, -0.1) is 0 Å². The Morgan fingerprint density at radius 2 is 1.77 bits per heavy atom. The molecule has 0 fully saturated rings. The quantitative estimate of drug-likeness (QED) is 0.768. The average molecular weight is 375 g/mol. The van der Waals surface area contributed by atoms with Crippen LogP contribution in [0.15, 0.2) is 47.4 Å². The minimum Gasteiger partial charge on any atom is -0.350 e. The van der Waals surface area contributed by atoms with E-state index >= 15 is 0 Å². The van der Waals surface area contributed by atoms with Crippen LogP contribution in [-0.2, 0) is 10.0 Å². The minimum atomic E-state index is -3.78. The van der Waals surface area contributed by atoms with E-state index in [-0.39, 0.29) is 16.8 Å². The molecular formula is C20H26N2O3S. The van der Waals surface area contributed by atoms with Gasteiger partial charge in [0.1, 0.15) is 0 Å². The molecule has 1 amide bonds. The third-order valence-corrected chi connectivity index (χ3v) is 5.62. The predicted octanol–water partition coefficient (Wildman–Crippen LogP) is 4.02. The maximum Gasteiger partial charge on any atom is 0.261 e. The van der Waals surface area contributed by atoms with Crippen LogP contribution in [0.5, 0.6) is 0 Å². The van der Waals surface area contributed by atoms with Crippen LogP contribution in [0, 0.1) is 13.8 Å². The lowest BCUT2D eigenvalue weighted by Crippen LogP contribution is -2.33. The van der Waals surface area contributed by atoms with Crippen LogP contribution in [-0.4, -0.2) is 20.4 Å². The fourth-order valence-corrected chi connectivity index (χ4v) is 3.87. The van der Waals surface area contributed by atoms with E-state index in [9.17, 15) is 13.2 Å². The zero-order chi connectivity index (χ0) is 19.3. The molecule has 0 aliphatic carbocycles. The van der Waals surface area contributed by atoms with Crippen LogP contribution in [0.4, 0.5) is 5.69 Å². The van der Waals surface area contributed by atoms with Crippen molar-refractivity contribution in [3.05, 3.63) is 59.2 Å². The van der Waals surface area contributed by atoms with Gasteiger partial charge in [-0.25, -0.2) is 8.42 Å². The van der Waals surface area contributed by atoms with Crippen molar-refractivity contribution in [2.75, 3.05) is 4.72 Å². The molecule has 0 aliphatic heterocycles. The number of nitrogens with one attached hydrogen (secondary N) is 2. The number of sulfonamides is 1. The van der Waals surface area contributed by atoms with Crippen LogP contribution in [0.25, 0.3) is 0 Å². The average Bonchev–Trinajstić information content (AvgIpc) is 2.57. The Labute approximate surface area is 155 Å². The highest BCUT2D eigenvalue weighted by molar-refractivity contribution is 7.92. The number of rotatable bonds is 7. The zero-order valence-corrected chi connectivity index (χ0v) is 16.5. The number of hydrogen-bond donors (Lipinski definition) is 2. The zero-order valence-electron chi connectivity index (χ0n) is 15.7. The summed E-state index contributed by atoms with van der Waals surface area (Å²) in [5, 5.41) is 2.92. The molecule has 26 heavy (non-hydrogen) atoms. The largest absolute Gasteiger partial charge is 0.350 e. The third-order valence-electron chi connectivity index (χ3n) is 4.25. The summed E-state index contributed by atoms with van der Waals surface area (Å²) in [6, 6.07) is 11.8. The van der Waals surface area contributed by atoms with E-state index < -0.39 is 10.0 Å². The van der Waals surface area contributed by atoms with E-state index in [0.29, 0.717) is 11.3 Å². The lowest BCUT2D eigenvalue weighted by Gasteiger charge is -2.15. The molecular weight excluding hydrogens is 348 g/mol. The SMILES string of the molecule is CCC[C@@H](C)NC(=O)c1cc(S(=O)(=O)Nc2ccccc2C)ccc1C. The summed E-state index contributed by atoms with van der Waals surface area (Å²) < 4.78 is 28.0. The highest BCUT2D eigenvalue weighted by atomic mass is 32.2. The topological polar surface area (TPSA) is 75.3 Å². The molecule has 0 spiro atoms. The maximum absolute atomic E-state index is 12.7. The Balaban J connectivity index is 2.30. The minimum absolute atomic E-state index is 0.0391. The van der Waals surface area contributed by atoms with Gasteiger partial charge in [-0.3, -0.25) is 9.52 Å². The van der Waals surface area contributed by atoms with Crippen LogP contribution < -0.4 is 10.0 Å². The highest BCUT2D eigenvalue weighted by Crippen LogP contribution is 2.21. The normalized spacial score (nSPS) is 12.5. The van der Waals surface area contributed by atoms with Crippen molar-refractivity contribution in [2.45, 2.75) is 51.5 Å². The molecule has 0 saturated heterocycles. The van der Waals surface area contributed by atoms with Crippen molar-refractivity contribution < 1.29 is 13.2 Å². The van der Waals surface area contributed by atoms with Gasteiger partial charge in [-0.2, -0.15) is 0 Å². The van der Waals surface area contributed by atoms with Gasteiger partial charge in [0, 0.05) is 11.6 Å². The van der Waals surface area contributed by atoms with Gasteiger partial charge in [0.25, 0.3) is 15.9 Å². The Bertz CT molecular complexity index is 892. The molecule has 2 aromatic rings. The fraction of sp³-hybridized carbons (Fsp3) is 0.350. The predicted molar refractivity (Wildman–Crippen MR) is 105 cm³/mol. The Kier molecular flexibility index (Phi) is 6.42. The molecule has 0 saturated carbocycles. The molecule has 1 atom stereocenters. The van der Waals surface area contributed by atoms with Gasteiger partial charge in [0.05, 0.1) is 10.6 Å². The first-order valence-electron chi connectivity index (χ1n) is 8.74. The molecule has 140 valence electrons. The Hall–Kier alpha value is -2.34. The molecule has 0 heterocycles. The van der Waals surface area contributed by atoms with Gasteiger partial charge >= 0.3 is 0 Å². The van der Waals surface area contributed by atoms with Gasteiger partial charge in [-0.05, 0) is 56.5 Å². The Morgan fingerprint density at radius 1 is 1.08 bits per heavy atom. The summed E-state index contributed by atoms with van der Waals surface area (Å²) in [4.78, 5) is 12.6. The van der Waals surface area contributed by atoms with E-state index in [2.05, 4.69) is 17.0 Å². The third kappa shape index (κ3) is 4.85. The lowest BCUT2D eigenvalue weighted by molar-refractivity contribution is 0.0937. The van der Waals surface area contributed by atoms with Crippen molar-refractivity contribution >= 4 is 21.6 Å². The Morgan fingerprint density at radius 3 is 2.42 bits per heavy atom. The van der Waals surface area contributed by atoms with Gasteiger partial charge in [0.2, 0.25) is 0 Å².